The third-order valence-corrected chi connectivity index (χ3v) is 6.02. The van der Waals surface area contributed by atoms with Crippen molar-refractivity contribution >= 4 is 28.4 Å². The highest BCUT2D eigenvalue weighted by Gasteiger charge is 2.24. The summed E-state index contributed by atoms with van der Waals surface area (Å²) in [5, 5.41) is 4.22. The summed E-state index contributed by atoms with van der Waals surface area (Å²) in [6.45, 7) is 7.72. The molecule has 1 fully saturated rings. The van der Waals surface area contributed by atoms with E-state index in [-0.39, 0.29) is 5.91 Å². The second-order valence-corrected chi connectivity index (χ2v) is 8.51. The minimum Gasteiger partial charge on any atom is -0.351 e. The molecule has 2 N–H and O–H groups in total. The molecule has 3 aromatic heterocycles. The number of aromatic amines is 1. The summed E-state index contributed by atoms with van der Waals surface area (Å²) in [7, 11) is 0. The summed E-state index contributed by atoms with van der Waals surface area (Å²) >= 11 is 0. The molecular weight excluding hydrogens is 414 g/mol. The molecule has 5 rings (SSSR count). The molecule has 168 valence electrons. The first kappa shape index (κ1) is 21.1. The van der Waals surface area contributed by atoms with Crippen LogP contribution in [0.4, 0.5) is 11.6 Å². The van der Waals surface area contributed by atoms with Crippen LogP contribution in [0.15, 0.2) is 60.9 Å². The SMILES string of the molecule is CC(C)N1CCN(C(=O)c2cc3cc(Nc4nccc(-c5ccccn5)n4)ccc3[nH]2)CC1. The molecular formula is C25H27N7O. The zero-order valence-electron chi connectivity index (χ0n) is 18.8. The molecule has 0 radical (unpaired) electrons. The first-order chi connectivity index (χ1) is 16.1. The Kier molecular flexibility index (Phi) is 5.75. The van der Waals surface area contributed by atoms with Gasteiger partial charge in [-0.1, -0.05) is 6.07 Å². The highest BCUT2D eigenvalue weighted by atomic mass is 16.2. The summed E-state index contributed by atoms with van der Waals surface area (Å²) < 4.78 is 0. The number of nitrogens with one attached hydrogen (secondary N) is 2. The van der Waals surface area contributed by atoms with Gasteiger partial charge in [0, 0.05) is 61.2 Å². The molecule has 0 atom stereocenters. The van der Waals surface area contributed by atoms with E-state index in [9.17, 15) is 4.79 Å². The first-order valence-electron chi connectivity index (χ1n) is 11.2. The van der Waals surface area contributed by atoms with E-state index in [1.807, 2.05) is 53.4 Å². The fraction of sp³-hybridized carbons (Fsp3) is 0.280. The van der Waals surface area contributed by atoms with Crippen molar-refractivity contribution in [1.29, 1.82) is 0 Å². The first-order valence-corrected chi connectivity index (χ1v) is 11.2. The number of hydrogen-bond acceptors (Lipinski definition) is 6. The van der Waals surface area contributed by atoms with E-state index in [0.29, 0.717) is 17.7 Å². The number of benzene rings is 1. The minimum atomic E-state index is 0.0514. The molecule has 0 unspecified atom stereocenters. The molecule has 8 nitrogen and oxygen atoms in total. The predicted octanol–water partition coefficient (Wildman–Crippen LogP) is 3.93. The van der Waals surface area contributed by atoms with Crippen LogP contribution < -0.4 is 5.32 Å². The molecule has 1 aliphatic rings. The average molecular weight is 442 g/mol. The Bertz CT molecular complexity index is 1260. The van der Waals surface area contributed by atoms with Gasteiger partial charge in [0.25, 0.3) is 5.91 Å². The van der Waals surface area contributed by atoms with Crippen LogP contribution in [0, 0.1) is 0 Å². The number of amides is 1. The van der Waals surface area contributed by atoms with Crippen molar-refractivity contribution in [1.82, 2.24) is 29.7 Å². The number of piperazine rings is 1. The van der Waals surface area contributed by atoms with Crippen LogP contribution in [-0.4, -0.2) is 67.9 Å². The Morgan fingerprint density at radius 2 is 1.82 bits per heavy atom. The second kappa shape index (κ2) is 8.99. The largest absolute Gasteiger partial charge is 0.351 e. The van der Waals surface area contributed by atoms with Crippen LogP contribution in [-0.2, 0) is 0 Å². The van der Waals surface area contributed by atoms with E-state index in [1.54, 1.807) is 12.4 Å². The number of fused-ring (bicyclic) bond motifs is 1. The van der Waals surface area contributed by atoms with Crippen molar-refractivity contribution in [3.63, 3.8) is 0 Å². The van der Waals surface area contributed by atoms with E-state index >= 15 is 0 Å². The number of rotatable bonds is 5. The number of carbonyl (C=O) groups is 1. The van der Waals surface area contributed by atoms with Gasteiger partial charge in [-0.05, 0) is 56.3 Å². The van der Waals surface area contributed by atoms with E-state index in [2.05, 4.69) is 44.0 Å². The van der Waals surface area contributed by atoms with Crippen molar-refractivity contribution in [2.75, 3.05) is 31.5 Å². The Labute approximate surface area is 192 Å². The van der Waals surface area contributed by atoms with Gasteiger partial charge in [-0.3, -0.25) is 14.7 Å². The van der Waals surface area contributed by atoms with Crippen LogP contribution in [0.1, 0.15) is 24.3 Å². The van der Waals surface area contributed by atoms with Gasteiger partial charge in [0.05, 0.1) is 11.4 Å². The smallest absolute Gasteiger partial charge is 0.270 e. The molecule has 0 bridgehead atoms. The third-order valence-electron chi connectivity index (χ3n) is 6.02. The van der Waals surface area contributed by atoms with E-state index in [4.69, 9.17) is 0 Å². The van der Waals surface area contributed by atoms with Crippen LogP contribution in [0.3, 0.4) is 0 Å². The normalized spacial score (nSPS) is 14.7. The fourth-order valence-corrected chi connectivity index (χ4v) is 4.14. The highest BCUT2D eigenvalue weighted by Crippen LogP contribution is 2.24. The molecule has 1 aromatic carbocycles. The average Bonchev–Trinajstić information content (AvgIpc) is 3.28. The quantitative estimate of drug-likeness (QED) is 0.488. The Balaban J connectivity index is 1.31. The van der Waals surface area contributed by atoms with Crippen LogP contribution in [0.2, 0.25) is 0 Å². The molecule has 1 amide bonds. The maximum atomic E-state index is 13.0. The maximum Gasteiger partial charge on any atom is 0.270 e. The monoisotopic (exact) mass is 441 g/mol. The number of aromatic nitrogens is 4. The van der Waals surface area contributed by atoms with Crippen molar-refractivity contribution in [2.45, 2.75) is 19.9 Å². The van der Waals surface area contributed by atoms with Gasteiger partial charge >= 0.3 is 0 Å². The van der Waals surface area contributed by atoms with Gasteiger partial charge in [0.2, 0.25) is 5.95 Å². The number of pyridine rings is 1. The summed E-state index contributed by atoms with van der Waals surface area (Å²) in [5.41, 5.74) is 3.94. The van der Waals surface area contributed by atoms with Crippen molar-refractivity contribution in [2.24, 2.45) is 0 Å². The van der Waals surface area contributed by atoms with Crippen LogP contribution in [0.5, 0.6) is 0 Å². The molecule has 4 heterocycles. The summed E-state index contributed by atoms with van der Waals surface area (Å²) in [4.78, 5) is 33.9. The lowest BCUT2D eigenvalue weighted by molar-refractivity contribution is 0.0591. The Morgan fingerprint density at radius 1 is 0.970 bits per heavy atom. The molecule has 0 aliphatic carbocycles. The van der Waals surface area contributed by atoms with Gasteiger partial charge in [-0.2, -0.15) is 0 Å². The molecule has 33 heavy (non-hydrogen) atoms. The zero-order valence-corrected chi connectivity index (χ0v) is 18.8. The van der Waals surface area contributed by atoms with E-state index < -0.39 is 0 Å². The number of nitrogens with zero attached hydrogens (tertiary/aromatic N) is 5. The number of carbonyl (C=O) groups excluding carboxylic acids is 1. The Morgan fingerprint density at radius 3 is 2.58 bits per heavy atom. The molecule has 1 aliphatic heterocycles. The highest BCUT2D eigenvalue weighted by molar-refractivity contribution is 5.98. The van der Waals surface area contributed by atoms with Crippen LogP contribution >= 0.6 is 0 Å². The maximum absolute atomic E-state index is 13.0. The molecule has 4 aromatic rings. The minimum absolute atomic E-state index is 0.0514. The lowest BCUT2D eigenvalue weighted by atomic mass is 10.2. The van der Waals surface area contributed by atoms with Gasteiger partial charge < -0.3 is 15.2 Å². The van der Waals surface area contributed by atoms with Crippen molar-refractivity contribution < 1.29 is 4.79 Å². The Hall–Kier alpha value is -3.78. The lowest BCUT2D eigenvalue weighted by Crippen LogP contribution is -2.50. The van der Waals surface area contributed by atoms with Crippen molar-refractivity contribution in [3.8, 4) is 11.4 Å². The van der Waals surface area contributed by atoms with Crippen molar-refractivity contribution in [3.05, 3.63) is 66.6 Å². The number of H-pyrrole nitrogens is 1. The third kappa shape index (κ3) is 4.56. The standard InChI is InChI=1S/C25H27N7O/c1-17(2)31-11-13-32(14-12-31)24(33)23-16-18-15-19(6-7-20(18)29-23)28-25-27-10-8-22(30-25)21-5-3-4-9-26-21/h3-10,15-17,29H,11-14H2,1-2H3,(H,27,28,30). The second-order valence-electron chi connectivity index (χ2n) is 8.51. The molecule has 1 saturated heterocycles. The molecule has 0 saturated carbocycles. The zero-order chi connectivity index (χ0) is 22.8. The van der Waals surface area contributed by atoms with E-state index in [0.717, 1.165) is 54.2 Å². The summed E-state index contributed by atoms with van der Waals surface area (Å²) in [5.74, 6) is 0.544. The van der Waals surface area contributed by atoms with Gasteiger partial charge in [0.1, 0.15) is 5.69 Å². The van der Waals surface area contributed by atoms with Gasteiger partial charge in [-0.25, -0.2) is 9.97 Å². The topological polar surface area (TPSA) is 90.0 Å². The fourth-order valence-electron chi connectivity index (χ4n) is 4.14. The van der Waals surface area contributed by atoms with E-state index in [1.165, 1.54) is 0 Å². The molecule has 8 heteroatoms. The lowest BCUT2D eigenvalue weighted by Gasteiger charge is -2.36. The number of anilines is 2. The van der Waals surface area contributed by atoms with Gasteiger partial charge in [0.15, 0.2) is 0 Å². The predicted molar refractivity (Wildman–Crippen MR) is 129 cm³/mol. The van der Waals surface area contributed by atoms with Gasteiger partial charge in [-0.15, -0.1) is 0 Å². The summed E-state index contributed by atoms with van der Waals surface area (Å²) in [6, 6.07) is 15.9. The summed E-state index contributed by atoms with van der Waals surface area (Å²) in [6.07, 6.45) is 3.46. The number of hydrogen-bond donors (Lipinski definition) is 2. The van der Waals surface area contributed by atoms with Crippen LogP contribution in [0.25, 0.3) is 22.3 Å². The molecule has 0 spiro atoms.